The Morgan fingerprint density at radius 3 is 3.08 bits per heavy atom. The van der Waals surface area contributed by atoms with Crippen molar-refractivity contribution in [2.75, 3.05) is 0 Å². The number of fused-ring (bicyclic) bond motifs is 1. The molecule has 1 N–H and O–H groups in total. The van der Waals surface area contributed by atoms with E-state index < -0.39 is 6.29 Å². The highest BCUT2D eigenvalue weighted by atomic mass is 16.6. The number of rotatable bonds is 0. The summed E-state index contributed by atoms with van der Waals surface area (Å²) in [6.45, 7) is 0. The maximum Gasteiger partial charge on any atom is 0.197 e. The lowest BCUT2D eigenvalue weighted by Gasteiger charge is -2.10. The van der Waals surface area contributed by atoms with Crippen LogP contribution in [0.15, 0.2) is 24.3 Å². The van der Waals surface area contributed by atoms with E-state index in [0.717, 1.165) is 25.0 Å². The Morgan fingerprint density at radius 2 is 2.17 bits per heavy atom. The molecule has 0 radical (unpaired) electrons. The Balaban J connectivity index is 2.31. The van der Waals surface area contributed by atoms with Crippen molar-refractivity contribution < 1.29 is 9.84 Å². The number of para-hydroxylation sites is 1. The summed E-state index contributed by atoms with van der Waals surface area (Å²) in [7, 11) is 0. The summed E-state index contributed by atoms with van der Waals surface area (Å²) in [5.41, 5.74) is 1.20. The zero-order valence-corrected chi connectivity index (χ0v) is 6.86. The van der Waals surface area contributed by atoms with Crippen molar-refractivity contribution in [3.63, 3.8) is 0 Å². The lowest BCUT2D eigenvalue weighted by atomic mass is 10.1. The molecule has 1 unspecified atom stereocenters. The van der Waals surface area contributed by atoms with Gasteiger partial charge in [-0.25, -0.2) is 0 Å². The van der Waals surface area contributed by atoms with E-state index in [0.29, 0.717) is 0 Å². The zero-order chi connectivity index (χ0) is 8.39. The maximum absolute atomic E-state index is 9.31. The normalized spacial score (nSPS) is 22.2. The second-order valence-corrected chi connectivity index (χ2v) is 3.07. The van der Waals surface area contributed by atoms with E-state index in [1.54, 1.807) is 0 Å². The van der Waals surface area contributed by atoms with Crippen LogP contribution in [0.1, 0.15) is 18.4 Å². The molecule has 12 heavy (non-hydrogen) atoms. The van der Waals surface area contributed by atoms with Gasteiger partial charge in [-0.05, 0) is 24.5 Å². The fourth-order valence-corrected chi connectivity index (χ4v) is 1.50. The van der Waals surface area contributed by atoms with Crippen molar-refractivity contribution in [2.24, 2.45) is 0 Å². The largest absolute Gasteiger partial charge is 0.465 e. The first kappa shape index (κ1) is 7.62. The monoisotopic (exact) mass is 164 g/mol. The molecule has 0 aliphatic carbocycles. The van der Waals surface area contributed by atoms with E-state index in [9.17, 15) is 5.11 Å². The molecule has 0 bridgehead atoms. The first-order valence-corrected chi connectivity index (χ1v) is 4.29. The Hall–Kier alpha value is -1.02. The molecule has 0 aromatic heterocycles. The highest BCUT2D eigenvalue weighted by molar-refractivity contribution is 5.33. The third kappa shape index (κ3) is 1.43. The number of benzene rings is 1. The average molecular weight is 164 g/mol. The summed E-state index contributed by atoms with van der Waals surface area (Å²) in [6, 6.07) is 7.88. The van der Waals surface area contributed by atoms with Gasteiger partial charge in [0, 0.05) is 6.42 Å². The molecular weight excluding hydrogens is 152 g/mol. The van der Waals surface area contributed by atoms with Crippen LogP contribution in [0.5, 0.6) is 5.75 Å². The Bertz CT molecular complexity index is 270. The molecule has 2 heteroatoms. The van der Waals surface area contributed by atoms with Gasteiger partial charge in [0.05, 0.1) is 0 Å². The molecule has 0 saturated carbocycles. The lowest BCUT2D eigenvalue weighted by molar-refractivity contribution is -0.0205. The van der Waals surface area contributed by atoms with Crippen molar-refractivity contribution in [2.45, 2.75) is 25.6 Å². The van der Waals surface area contributed by atoms with Crippen LogP contribution >= 0.6 is 0 Å². The van der Waals surface area contributed by atoms with Gasteiger partial charge < -0.3 is 9.84 Å². The molecule has 0 spiro atoms. The standard InChI is InChI=1S/C10H12O2/c11-10-7-3-5-8-4-1-2-6-9(8)12-10/h1-2,4,6,10-11H,3,5,7H2. The predicted molar refractivity (Wildman–Crippen MR) is 46.0 cm³/mol. The summed E-state index contributed by atoms with van der Waals surface area (Å²) in [5.74, 6) is 0.836. The van der Waals surface area contributed by atoms with Crippen LogP contribution in [0.3, 0.4) is 0 Å². The number of hydrogen-bond donors (Lipinski definition) is 1. The minimum absolute atomic E-state index is 0.617. The zero-order valence-electron chi connectivity index (χ0n) is 6.86. The van der Waals surface area contributed by atoms with Gasteiger partial charge in [0.15, 0.2) is 6.29 Å². The molecule has 1 aliphatic heterocycles. The predicted octanol–water partition coefficient (Wildman–Crippen LogP) is 1.72. The van der Waals surface area contributed by atoms with E-state index in [1.165, 1.54) is 5.56 Å². The van der Waals surface area contributed by atoms with Gasteiger partial charge in [0.25, 0.3) is 0 Å². The summed E-state index contributed by atoms with van der Waals surface area (Å²) in [6.07, 6.45) is 2.12. The van der Waals surface area contributed by atoms with Crippen molar-refractivity contribution >= 4 is 0 Å². The smallest absolute Gasteiger partial charge is 0.197 e. The van der Waals surface area contributed by atoms with Crippen molar-refractivity contribution in [3.05, 3.63) is 29.8 Å². The maximum atomic E-state index is 9.31. The van der Waals surface area contributed by atoms with Gasteiger partial charge in [-0.2, -0.15) is 0 Å². The van der Waals surface area contributed by atoms with Gasteiger partial charge in [0.2, 0.25) is 0 Å². The minimum atomic E-state index is -0.617. The molecule has 2 rings (SSSR count). The fraction of sp³-hybridized carbons (Fsp3) is 0.400. The number of aliphatic hydroxyl groups is 1. The Kier molecular flexibility index (Phi) is 2.00. The quantitative estimate of drug-likeness (QED) is 0.632. The molecule has 2 nitrogen and oxygen atoms in total. The number of ether oxygens (including phenoxy) is 1. The molecule has 1 heterocycles. The van der Waals surface area contributed by atoms with Gasteiger partial charge in [-0.3, -0.25) is 0 Å². The van der Waals surface area contributed by atoms with Gasteiger partial charge in [0.1, 0.15) is 5.75 Å². The number of aliphatic hydroxyl groups excluding tert-OH is 1. The lowest BCUT2D eigenvalue weighted by Crippen LogP contribution is -2.13. The molecule has 0 saturated heterocycles. The second kappa shape index (κ2) is 3.15. The molecule has 64 valence electrons. The number of hydrogen-bond acceptors (Lipinski definition) is 2. The van der Waals surface area contributed by atoms with Crippen LogP contribution in [0, 0.1) is 0 Å². The molecule has 1 aromatic carbocycles. The molecule has 1 aromatic rings. The van der Waals surface area contributed by atoms with Crippen molar-refractivity contribution in [1.82, 2.24) is 0 Å². The van der Waals surface area contributed by atoms with Crippen molar-refractivity contribution in [3.8, 4) is 5.75 Å². The van der Waals surface area contributed by atoms with Crippen LogP contribution in [0.4, 0.5) is 0 Å². The van der Waals surface area contributed by atoms with Crippen molar-refractivity contribution in [1.29, 1.82) is 0 Å². The molecular formula is C10H12O2. The van der Waals surface area contributed by atoms with Crippen LogP contribution < -0.4 is 4.74 Å². The molecule has 0 amide bonds. The summed E-state index contributed by atoms with van der Waals surface area (Å²) >= 11 is 0. The first-order chi connectivity index (χ1) is 5.86. The summed E-state index contributed by atoms with van der Waals surface area (Å²) < 4.78 is 5.31. The van der Waals surface area contributed by atoms with Gasteiger partial charge in [-0.15, -0.1) is 0 Å². The average Bonchev–Trinajstić information content (AvgIpc) is 2.25. The topological polar surface area (TPSA) is 29.5 Å². The van der Waals surface area contributed by atoms with E-state index >= 15 is 0 Å². The molecule has 1 atom stereocenters. The SMILES string of the molecule is OC1CCCc2ccccc2O1. The van der Waals surface area contributed by atoms with E-state index in [1.807, 2.05) is 24.3 Å². The highest BCUT2D eigenvalue weighted by Gasteiger charge is 2.13. The molecule has 0 fully saturated rings. The first-order valence-electron chi connectivity index (χ1n) is 4.29. The van der Waals surface area contributed by atoms with E-state index in [4.69, 9.17) is 4.74 Å². The third-order valence-corrected chi connectivity index (χ3v) is 2.13. The minimum Gasteiger partial charge on any atom is -0.465 e. The van der Waals surface area contributed by atoms with Gasteiger partial charge in [-0.1, -0.05) is 18.2 Å². The van der Waals surface area contributed by atoms with Gasteiger partial charge >= 0.3 is 0 Å². The molecule has 1 aliphatic rings. The van der Waals surface area contributed by atoms with Crippen LogP contribution in [0.25, 0.3) is 0 Å². The second-order valence-electron chi connectivity index (χ2n) is 3.07. The van der Waals surface area contributed by atoms with Crippen LogP contribution in [-0.2, 0) is 6.42 Å². The van der Waals surface area contributed by atoms with E-state index in [2.05, 4.69) is 0 Å². The number of aryl methyl sites for hydroxylation is 1. The highest BCUT2D eigenvalue weighted by Crippen LogP contribution is 2.25. The van der Waals surface area contributed by atoms with E-state index in [-0.39, 0.29) is 0 Å². The Labute approximate surface area is 71.8 Å². The van der Waals surface area contributed by atoms with Crippen LogP contribution in [0.2, 0.25) is 0 Å². The fourth-order valence-electron chi connectivity index (χ4n) is 1.50. The third-order valence-electron chi connectivity index (χ3n) is 2.13. The Morgan fingerprint density at radius 1 is 1.33 bits per heavy atom. The van der Waals surface area contributed by atoms with Crippen LogP contribution in [-0.4, -0.2) is 11.4 Å². The summed E-state index contributed by atoms with van der Waals surface area (Å²) in [4.78, 5) is 0. The summed E-state index contributed by atoms with van der Waals surface area (Å²) in [5, 5.41) is 9.31.